The molecule has 2 rings (SSSR count). The lowest BCUT2D eigenvalue weighted by Gasteiger charge is -2.28. The van der Waals surface area contributed by atoms with E-state index < -0.39 is 12.2 Å². The van der Waals surface area contributed by atoms with E-state index in [4.69, 9.17) is 21.1 Å². The van der Waals surface area contributed by atoms with Crippen molar-refractivity contribution in [3.63, 3.8) is 0 Å². The van der Waals surface area contributed by atoms with Crippen molar-refractivity contribution in [2.75, 3.05) is 5.88 Å². The first kappa shape index (κ1) is 13.9. The van der Waals surface area contributed by atoms with Crippen LogP contribution in [0.5, 0.6) is 5.75 Å². The maximum atomic E-state index is 10.5. The van der Waals surface area contributed by atoms with Gasteiger partial charge in [-0.25, -0.2) is 0 Å². The number of carbonyl (C=O) groups excluding carboxylic acids is 1. The Hall–Kier alpha value is -1.51. The molecule has 0 bridgehead atoms. The van der Waals surface area contributed by atoms with E-state index in [1.54, 1.807) is 12.1 Å². The number of rotatable bonds is 4. The summed E-state index contributed by atoms with van der Waals surface area (Å²) in [6.07, 6.45) is 0.338. The fourth-order valence-electron chi connectivity index (χ4n) is 1.82. The molecule has 1 heterocycles. The van der Waals surface area contributed by atoms with E-state index in [0.29, 0.717) is 17.8 Å². The molecule has 98 valence electrons. The van der Waals surface area contributed by atoms with Gasteiger partial charge in [-0.05, 0) is 24.3 Å². The molecule has 1 aliphatic rings. The molecule has 0 amide bonds. The summed E-state index contributed by atoms with van der Waals surface area (Å²) in [5, 5.41) is 9.17. The molecule has 0 spiro atoms. The maximum Gasteiger partial charge on any atom is 0.293 e. The van der Waals surface area contributed by atoms with Gasteiger partial charge in [0.15, 0.2) is 12.2 Å². The Morgan fingerprint density at radius 1 is 1.63 bits per heavy atom. The number of carbonyl (C=O) groups is 1. The van der Waals surface area contributed by atoms with E-state index in [2.05, 4.69) is 22.0 Å². The SMILES string of the molecule is N#CC1=Cc2cc(Br)ccc2O[C@@H]1[C@@H](CCl)OC=O. The van der Waals surface area contributed by atoms with E-state index in [1.165, 1.54) is 0 Å². The van der Waals surface area contributed by atoms with Gasteiger partial charge in [-0.15, -0.1) is 11.6 Å². The van der Waals surface area contributed by atoms with Crippen LogP contribution in [0.25, 0.3) is 6.08 Å². The van der Waals surface area contributed by atoms with Crippen LogP contribution in [-0.4, -0.2) is 24.6 Å². The normalized spacial score (nSPS) is 18.4. The number of hydrogen-bond acceptors (Lipinski definition) is 4. The second-order valence-electron chi connectivity index (χ2n) is 3.86. The zero-order chi connectivity index (χ0) is 13.8. The molecule has 4 nitrogen and oxygen atoms in total. The molecule has 0 unspecified atom stereocenters. The van der Waals surface area contributed by atoms with Crippen LogP contribution >= 0.6 is 27.5 Å². The van der Waals surface area contributed by atoms with Gasteiger partial charge >= 0.3 is 0 Å². The van der Waals surface area contributed by atoms with Crippen LogP contribution < -0.4 is 4.74 Å². The molecule has 0 N–H and O–H groups in total. The minimum absolute atomic E-state index is 0.0499. The van der Waals surface area contributed by atoms with Gasteiger partial charge in [0.1, 0.15) is 5.75 Å². The summed E-state index contributed by atoms with van der Waals surface area (Å²) in [5.74, 6) is 0.672. The minimum Gasteiger partial charge on any atom is -0.480 e. The van der Waals surface area contributed by atoms with Crippen molar-refractivity contribution in [3.05, 3.63) is 33.8 Å². The number of alkyl halides is 1. The summed E-state index contributed by atoms with van der Waals surface area (Å²) < 4.78 is 11.5. The van der Waals surface area contributed by atoms with Gasteiger partial charge in [0.2, 0.25) is 0 Å². The quantitative estimate of drug-likeness (QED) is 0.623. The van der Waals surface area contributed by atoms with Gasteiger partial charge in [-0.1, -0.05) is 15.9 Å². The average Bonchev–Trinajstić information content (AvgIpc) is 2.43. The molecule has 0 fully saturated rings. The third-order valence-electron chi connectivity index (χ3n) is 2.69. The maximum absolute atomic E-state index is 10.5. The summed E-state index contributed by atoms with van der Waals surface area (Å²) in [6.45, 7) is 0.308. The third-order valence-corrected chi connectivity index (χ3v) is 3.49. The van der Waals surface area contributed by atoms with Crippen LogP contribution in [0.1, 0.15) is 5.56 Å². The lowest BCUT2D eigenvalue weighted by atomic mass is 9.99. The second kappa shape index (κ2) is 6.09. The number of halogens is 2. The van der Waals surface area contributed by atoms with Crippen molar-refractivity contribution in [2.24, 2.45) is 0 Å². The van der Waals surface area contributed by atoms with Crippen LogP contribution in [0, 0.1) is 11.3 Å². The second-order valence-corrected chi connectivity index (χ2v) is 5.08. The van der Waals surface area contributed by atoms with E-state index >= 15 is 0 Å². The highest BCUT2D eigenvalue weighted by Crippen LogP contribution is 2.33. The van der Waals surface area contributed by atoms with E-state index in [9.17, 15) is 10.1 Å². The molecule has 1 aromatic carbocycles. The predicted molar refractivity (Wildman–Crippen MR) is 73.8 cm³/mol. The van der Waals surface area contributed by atoms with Crippen LogP contribution in [-0.2, 0) is 9.53 Å². The molecule has 0 saturated heterocycles. The highest BCUT2D eigenvalue weighted by Gasteiger charge is 2.31. The number of nitriles is 1. The fraction of sp³-hybridized carbons (Fsp3) is 0.231. The Balaban J connectivity index is 2.38. The Bertz CT molecular complexity index is 567. The largest absolute Gasteiger partial charge is 0.480 e. The topological polar surface area (TPSA) is 59.3 Å². The minimum atomic E-state index is -0.693. The molecule has 19 heavy (non-hydrogen) atoms. The Morgan fingerprint density at radius 2 is 2.42 bits per heavy atom. The lowest BCUT2D eigenvalue weighted by Crippen LogP contribution is -2.38. The highest BCUT2D eigenvalue weighted by molar-refractivity contribution is 9.10. The first-order valence-electron chi connectivity index (χ1n) is 5.42. The van der Waals surface area contributed by atoms with Crippen molar-refractivity contribution in [1.29, 1.82) is 5.26 Å². The number of fused-ring (bicyclic) bond motifs is 1. The van der Waals surface area contributed by atoms with Gasteiger partial charge in [0.25, 0.3) is 6.47 Å². The molecule has 0 radical (unpaired) electrons. The van der Waals surface area contributed by atoms with Crippen molar-refractivity contribution < 1.29 is 14.3 Å². The van der Waals surface area contributed by atoms with Crippen LogP contribution in [0.3, 0.4) is 0 Å². The summed E-state index contributed by atoms with van der Waals surface area (Å²) in [5.41, 5.74) is 1.17. The number of benzene rings is 1. The van der Waals surface area contributed by atoms with Crippen LogP contribution in [0.15, 0.2) is 28.2 Å². The first-order valence-corrected chi connectivity index (χ1v) is 6.75. The predicted octanol–water partition coefficient (Wildman–Crippen LogP) is 2.90. The molecule has 0 saturated carbocycles. The van der Waals surface area contributed by atoms with Gasteiger partial charge in [-0.3, -0.25) is 4.79 Å². The van der Waals surface area contributed by atoms with Crippen LogP contribution in [0.2, 0.25) is 0 Å². The first-order chi connectivity index (χ1) is 9.19. The van der Waals surface area contributed by atoms with E-state index in [0.717, 1.165) is 10.0 Å². The Morgan fingerprint density at radius 3 is 3.05 bits per heavy atom. The summed E-state index contributed by atoms with van der Waals surface area (Å²) in [7, 11) is 0. The lowest BCUT2D eigenvalue weighted by molar-refractivity contribution is -0.135. The van der Waals surface area contributed by atoms with Gasteiger partial charge in [-0.2, -0.15) is 5.26 Å². The zero-order valence-electron chi connectivity index (χ0n) is 9.68. The number of nitrogens with zero attached hydrogens (tertiary/aromatic N) is 1. The smallest absolute Gasteiger partial charge is 0.293 e. The monoisotopic (exact) mass is 341 g/mol. The Kier molecular flexibility index (Phi) is 4.46. The van der Waals surface area contributed by atoms with Crippen molar-refractivity contribution in [2.45, 2.75) is 12.2 Å². The van der Waals surface area contributed by atoms with Crippen molar-refractivity contribution in [1.82, 2.24) is 0 Å². The number of hydrogen-bond donors (Lipinski definition) is 0. The molecular formula is C13H9BrClNO3. The molecule has 1 aliphatic heterocycles. The molecule has 0 aliphatic carbocycles. The van der Waals surface area contributed by atoms with Gasteiger partial charge in [0.05, 0.1) is 17.5 Å². The Labute approximate surface area is 123 Å². The van der Waals surface area contributed by atoms with Crippen molar-refractivity contribution >= 4 is 40.1 Å². The molecular weight excluding hydrogens is 334 g/mol. The molecule has 2 atom stereocenters. The fourth-order valence-corrected chi connectivity index (χ4v) is 2.43. The highest BCUT2D eigenvalue weighted by atomic mass is 79.9. The zero-order valence-corrected chi connectivity index (χ0v) is 12.0. The average molecular weight is 343 g/mol. The standard InChI is InChI=1S/C13H9BrClNO3/c14-10-1-2-11-8(4-10)3-9(6-16)13(19-11)12(5-15)18-7-17/h1-4,7,12-13H,5H2/t12-,13+/m1/s1. The van der Waals surface area contributed by atoms with Gasteiger partial charge in [0, 0.05) is 10.0 Å². The van der Waals surface area contributed by atoms with E-state index in [-0.39, 0.29) is 5.88 Å². The molecule has 6 heteroatoms. The van der Waals surface area contributed by atoms with Crippen molar-refractivity contribution in [3.8, 4) is 11.8 Å². The molecule has 1 aromatic rings. The molecule has 0 aromatic heterocycles. The van der Waals surface area contributed by atoms with Gasteiger partial charge < -0.3 is 9.47 Å². The summed E-state index contributed by atoms with van der Waals surface area (Å²) in [6, 6.07) is 7.51. The number of ether oxygens (including phenoxy) is 2. The third kappa shape index (κ3) is 2.91. The van der Waals surface area contributed by atoms with E-state index in [1.807, 2.05) is 12.1 Å². The van der Waals surface area contributed by atoms with Crippen LogP contribution in [0.4, 0.5) is 0 Å². The summed E-state index contributed by atoms with van der Waals surface area (Å²) >= 11 is 9.10. The summed E-state index contributed by atoms with van der Waals surface area (Å²) in [4.78, 5) is 10.5.